The molecular weight excluding hydrogens is 269 g/mol. The maximum Gasteiger partial charge on any atom is 0.362 e. The lowest BCUT2D eigenvalue weighted by Gasteiger charge is -2.05. The summed E-state index contributed by atoms with van der Waals surface area (Å²) in [6.45, 7) is 1.86. The Morgan fingerprint density at radius 3 is 2.85 bits per heavy atom. The van der Waals surface area contributed by atoms with Crippen molar-refractivity contribution in [3.05, 3.63) is 29.7 Å². The van der Waals surface area contributed by atoms with Gasteiger partial charge in [0.05, 0.1) is 13.7 Å². The van der Waals surface area contributed by atoms with E-state index in [9.17, 15) is 9.18 Å². The van der Waals surface area contributed by atoms with Crippen molar-refractivity contribution in [3.63, 3.8) is 0 Å². The van der Waals surface area contributed by atoms with E-state index in [2.05, 4.69) is 4.98 Å². The Labute approximate surface area is 113 Å². The molecule has 0 unspecified atom stereocenters. The van der Waals surface area contributed by atoms with Crippen LogP contribution in [0.15, 0.2) is 22.6 Å². The number of carbonyl (C=O) groups is 1. The maximum absolute atomic E-state index is 13.9. The van der Waals surface area contributed by atoms with E-state index in [1.54, 1.807) is 6.92 Å². The zero-order chi connectivity index (χ0) is 14.7. The molecule has 0 amide bonds. The lowest BCUT2D eigenvalue weighted by Crippen LogP contribution is -2.01. The normalized spacial score (nSPS) is 10.3. The van der Waals surface area contributed by atoms with E-state index in [1.165, 1.54) is 25.3 Å². The quantitative estimate of drug-likeness (QED) is 0.907. The third-order valence-electron chi connectivity index (χ3n) is 2.48. The van der Waals surface area contributed by atoms with Crippen LogP contribution in [0.3, 0.4) is 0 Å². The molecule has 20 heavy (non-hydrogen) atoms. The molecule has 2 aromatic rings. The summed E-state index contributed by atoms with van der Waals surface area (Å²) >= 11 is 0. The number of oxazole rings is 1. The molecule has 6 nitrogen and oxygen atoms in total. The van der Waals surface area contributed by atoms with E-state index >= 15 is 0 Å². The number of rotatable bonds is 5. The average molecular weight is 281 g/mol. The second-order valence-electron chi connectivity index (χ2n) is 3.71. The number of hydrogen-bond acceptors (Lipinski definition) is 5. The highest BCUT2D eigenvalue weighted by Crippen LogP contribution is 2.35. The molecule has 1 N–H and O–H groups in total. The molecule has 0 bridgehead atoms. The van der Waals surface area contributed by atoms with Crippen molar-refractivity contribution in [1.29, 1.82) is 0 Å². The Balaban J connectivity index is 2.59. The number of carboxylic acids is 1. The highest BCUT2D eigenvalue weighted by atomic mass is 19.1. The lowest BCUT2D eigenvalue weighted by atomic mass is 10.2. The van der Waals surface area contributed by atoms with Crippen molar-refractivity contribution >= 4 is 5.97 Å². The van der Waals surface area contributed by atoms with Crippen LogP contribution in [0.1, 0.15) is 17.4 Å². The third-order valence-corrected chi connectivity index (χ3v) is 2.48. The summed E-state index contributed by atoms with van der Waals surface area (Å²) in [6, 6.07) is 4.18. The number of hydrogen-bond donors (Lipinski definition) is 1. The first-order chi connectivity index (χ1) is 9.58. The highest BCUT2D eigenvalue weighted by molar-refractivity contribution is 5.88. The minimum absolute atomic E-state index is 0.0524. The first-order valence-corrected chi connectivity index (χ1v) is 5.78. The maximum atomic E-state index is 13.9. The topological polar surface area (TPSA) is 81.8 Å². The van der Waals surface area contributed by atoms with Crippen molar-refractivity contribution in [3.8, 4) is 23.1 Å². The van der Waals surface area contributed by atoms with Gasteiger partial charge in [0.2, 0.25) is 11.6 Å². The smallest absolute Gasteiger partial charge is 0.362 e. The van der Waals surface area contributed by atoms with Crippen molar-refractivity contribution < 1.29 is 28.2 Å². The van der Waals surface area contributed by atoms with E-state index in [4.69, 9.17) is 19.0 Å². The van der Waals surface area contributed by atoms with E-state index in [-0.39, 0.29) is 29.8 Å². The van der Waals surface area contributed by atoms with Crippen molar-refractivity contribution in [1.82, 2.24) is 4.98 Å². The number of benzene rings is 1. The summed E-state index contributed by atoms with van der Waals surface area (Å²) in [5.41, 5.74) is -0.462. The minimum atomic E-state index is -1.32. The molecule has 0 aliphatic rings. The fraction of sp³-hybridized carbons (Fsp3) is 0.231. The Kier molecular flexibility index (Phi) is 3.88. The summed E-state index contributed by atoms with van der Waals surface area (Å²) in [4.78, 5) is 14.8. The van der Waals surface area contributed by atoms with E-state index in [1.807, 2.05) is 0 Å². The predicted molar refractivity (Wildman–Crippen MR) is 66.6 cm³/mol. The number of methoxy groups -OCH3 is 1. The van der Waals surface area contributed by atoms with Gasteiger partial charge >= 0.3 is 11.9 Å². The van der Waals surface area contributed by atoms with Crippen LogP contribution < -0.4 is 9.47 Å². The van der Waals surface area contributed by atoms with Gasteiger partial charge in [0.25, 0.3) is 0 Å². The molecule has 0 radical (unpaired) electrons. The molecule has 1 aromatic carbocycles. The number of aromatic nitrogens is 1. The summed E-state index contributed by atoms with van der Waals surface area (Å²) in [5.74, 6) is -2.24. The summed E-state index contributed by atoms with van der Waals surface area (Å²) in [7, 11) is 1.36. The van der Waals surface area contributed by atoms with Crippen LogP contribution in [-0.4, -0.2) is 29.8 Å². The molecule has 0 saturated carbocycles. The minimum Gasteiger partial charge on any atom is -0.496 e. The number of ether oxygens (including phenoxy) is 2. The summed E-state index contributed by atoms with van der Waals surface area (Å²) in [5, 5.41) is 9.02. The van der Waals surface area contributed by atoms with Crippen LogP contribution in [0.25, 0.3) is 11.5 Å². The van der Waals surface area contributed by atoms with Crippen molar-refractivity contribution in [2.75, 3.05) is 13.7 Å². The second kappa shape index (κ2) is 5.60. The number of carboxylic acid groups (broad SMARTS) is 1. The Bertz CT molecular complexity index is 638. The van der Waals surface area contributed by atoms with Crippen molar-refractivity contribution in [2.24, 2.45) is 0 Å². The zero-order valence-electron chi connectivity index (χ0n) is 10.8. The van der Waals surface area contributed by atoms with Crippen LogP contribution in [-0.2, 0) is 0 Å². The molecule has 0 spiro atoms. The fourth-order valence-corrected chi connectivity index (χ4v) is 1.66. The molecule has 1 aromatic heterocycles. The molecule has 7 heteroatoms. The van der Waals surface area contributed by atoms with Gasteiger partial charge in [-0.25, -0.2) is 9.18 Å². The Morgan fingerprint density at radius 1 is 1.50 bits per heavy atom. The zero-order valence-corrected chi connectivity index (χ0v) is 10.8. The first-order valence-electron chi connectivity index (χ1n) is 5.78. The summed E-state index contributed by atoms with van der Waals surface area (Å²) < 4.78 is 29.1. The van der Waals surface area contributed by atoms with Gasteiger partial charge in [-0.3, -0.25) is 0 Å². The Morgan fingerprint density at radius 2 is 2.25 bits per heavy atom. The largest absolute Gasteiger partial charge is 0.496 e. The highest BCUT2D eigenvalue weighted by Gasteiger charge is 2.25. The molecule has 0 aliphatic carbocycles. The van der Waals surface area contributed by atoms with Gasteiger partial charge in [0.1, 0.15) is 17.1 Å². The average Bonchev–Trinajstić information content (AvgIpc) is 2.82. The number of nitrogens with zero attached hydrogens (tertiary/aromatic N) is 1. The molecule has 106 valence electrons. The molecule has 0 fully saturated rings. The van der Waals surface area contributed by atoms with Crippen LogP contribution in [0.5, 0.6) is 11.7 Å². The molecule has 0 aliphatic heterocycles. The SMILES string of the molecule is CCOc1oc(-c2c(F)cccc2OC)nc1C(=O)O. The van der Waals surface area contributed by atoms with Crippen LogP contribution in [0.4, 0.5) is 4.39 Å². The molecule has 0 saturated heterocycles. The Hall–Kier alpha value is -2.57. The molecular formula is C13H12FNO5. The fourth-order valence-electron chi connectivity index (χ4n) is 1.66. The molecule has 2 rings (SSSR count). The monoisotopic (exact) mass is 281 g/mol. The van der Waals surface area contributed by atoms with Gasteiger partial charge in [-0.05, 0) is 19.1 Å². The van der Waals surface area contributed by atoms with Crippen molar-refractivity contribution in [2.45, 2.75) is 6.92 Å². The van der Waals surface area contributed by atoms with Crippen LogP contribution in [0.2, 0.25) is 0 Å². The molecule has 1 heterocycles. The van der Waals surface area contributed by atoms with Gasteiger partial charge in [0, 0.05) is 0 Å². The van der Waals surface area contributed by atoms with Gasteiger partial charge in [-0.1, -0.05) is 6.07 Å². The summed E-state index contributed by atoms with van der Waals surface area (Å²) in [6.07, 6.45) is 0. The number of halogens is 1. The number of aromatic carboxylic acids is 1. The van der Waals surface area contributed by atoms with Gasteiger partial charge in [-0.15, -0.1) is 0 Å². The predicted octanol–water partition coefficient (Wildman–Crippen LogP) is 2.59. The van der Waals surface area contributed by atoms with E-state index < -0.39 is 17.5 Å². The van der Waals surface area contributed by atoms with Crippen LogP contribution in [0, 0.1) is 5.82 Å². The van der Waals surface area contributed by atoms with E-state index in [0.717, 1.165) is 0 Å². The van der Waals surface area contributed by atoms with Gasteiger partial charge < -0.3 is 19.0 Å². The lowest BCUT2D eigenvalue weighted by molar-refractivity contribution is 0.0683. The van der Waals surface area contributed by atoms with Gasteiger partial charge in [0.15, 0.2) is 0 Å². The third kappa shape index (κ3) is 2.42. The van der Waals surface area contributed by atoms with Crippen LogP contribution >= 0.6 is 0 Å². The van der Waals surface area contributed by atoms with E-state index in [0.29, 0.717) is 0 Å². The molecule has 0 atom stereocenters. The second-order valence-corrected chi connectivity index (χ2v) is 3.71. The van der Waals surface area contributed by atoms with Gasteiger partial charge in [-0.2, -0.15) is 4.98 Å². The standard InChI is InChI=1S/C13H12FNO5/c1-3-19-13-10(12(16)17)15-11(20-13)9-7(14)5-4-6-8(9)18-2/h4-6H,3H2,1-2H3,(H,16,17). The first kappa shape index (κ1) is 13.9.